The molecular formula is C17H35N3O. The fourth-order valence-corrected chi connectivity index (χ4v) is 2.77. The van der Waals surface area contributed by atoms with Crippen molar-refractivity contribution < 1.29 is 4.79 Å². The molecule has 0 radical (unpaired) electrons. The van der Waals surface area contributed by atoms with Crippen molar-refractivity contribution >= 4 is 5.91 Å². The molecule has 0 aromatic heterocycles. The number of likely N-dealkylation sites (tertiary alicyclic amines) is 1. The van der Waals surface area contributed by atoms with Crippen LogP contribution in [0.3, 0.4) is 0 Å². The molecule has 124 valence electrons. The largest absolute Gasteiger partial charge is 0.352 e. The second-order valence-electron chi connectivity index (χ2n) is 7.43. The van der Waals surface area contributed by atoms with Gasteiger partial charge >= 0.3 is 0 Å². The molecule has 1 rings (SSSR count). The highest BCUT2D eigenvalue weighted by atomic mass is 16.2. The van der Waals surface area contributed by atoms with Gasteiger partial charge in [-0.15, -0.1) is 0 Å². The molecule has 1 amide bonds. The van der Waals surface area contributed by atoms with Crippen LogP contribution in [0.1, 0.15) is 60.3 Å². The van der Waals surface area contributed by atoms with Gasteiger partial charge in [0.15, 0.2) is 0 Å². The van der Waals surface area contributed by atoms with Crippen molar-refractivity contribution in [2.45, 2.75) is 71.9 Å². The van der Waals surface area contributed by atoms with Crippen LogP contribution < -0.4 is 10.6 Å². The van der Waals surface area contributed by atoms with Gasteiger partial charge in [0.2, 0.25) is 5.91 Å². The summed E-state index contributed by atoms with van der Waals surface area (Å²) in [6.45, 7) is 14.6. The van der Waals surface area contributed by atoms with Crippen LogP contribution in [0.25, 0.3) is 0 Å². The van der Waals surface area contributed by atoms with Crippen LogP contribution in [0.2, 0.25) is 0 Å². The van der Waals surface area contributed by atoms with Gasteiger partial charge in [-0.25, -0.2) is 0 Å². The number of nitrogens with one attached hydrogen (secondary N) is 2. The first-order chi connectivity index (χ1) is 9.84. The third kappa shape index (κ3) is 7.82. The number of hydrogen-bond acceptors (Lipinski definition) is 3. The first-order valence-corrected chi connectivity index (χ1v) is 8.60. The van der Waals surface area contributed by atoms with Crippen molar-refractivity contribution in [2.75, 3.05) is 26.2 Å². The molecule has 1 aliphatic rings. The molecule has 1 fully saturated rings. The molecule has 0 atom stereocenters. The fraction of sp³-hybridized carbons (Fsp3) is 0.941. The molecule has 0 bridgehead atoms. The van der Waals surface area contributed by atoms with Crippen LogP contribution in [0.4, 0.5) is 0 Å². The molecule has 0 saturated carbocycles. The molecule has 0 unspecified atom stereocenters. The molecule has 4 heteroatoms. The lowest BCUT2D eigenvalue weighted by molar-refractivity contribution is -0.123. The summed E-state index contributed by atoms with van der Waals surface area (Å²) in [5, 5.41) is 6.72. The van der Waals surface area contributed by atoms with E-state index >= 15 is 0 Å². The number of carbonyl (C=O) groups excluding carboxylic acids is 1. The van der Waals surface area contributed by atoms with Gasteiger partial charge in [0.1, 0.15) is 0 Å². The Morgan fingerprint density at radius 3 is 2.24 bits per heavy atom. The van der Waals surface area contributed by atoms with Gasteiger partial charge in [0, 0.05) is 11.6 Å². The highest BCUT2D eigenvalue weighted by molar-refractivity contribution is 5.78. The number of piperidine rings is 1. The maximum absolute atomic E-state index is 12.0. The summed E-state index contributed by atoms with van der Waals surface area (Å²) in [4.78, 5) is 14.3. The molecule has 2 N–H and O–H groups in total. The normalized spacial score (nSPS) is 18.2. The van der Waals surface area contributed by atoms with Gasteiger partial charge in [-0.1, -0.05) is 13.8 Å². The lowest BCUT2D eigenvalue weighted by atomic mass is 9.95. The number of hydrogen-bond donors (Lipinski definition) is 2. The van der Waals surface area contributed by atoms with Crippen molar-refractivity contribution in [1.82, 2.24) is 15.5 Å². The van der Waals surface area contributed by atoms with Crippen LogP contribution in [-0.4, -0.2) is 48.6 Å². The Hall–Kier alpha value is -0.610. The second kappa shape index (κ2) is 8.74. The van der Waals surface area contributed by atoms with E-state index in [2.05, 4.69) is 50.2 Å². The summed E-state index contributed by atoms with van der Waals surface area (Å²) in [5.41, 5.74) is 0.201. The van der Waals surface area contributed by atoms with Crippen molar-refractivity contribution in [3.63, 3.8) is 0 Å². The van der Waals surface area contributed by atoms with Crippen molar-refractivity contribution in [2.24, 2.45) is 5.92 Å². The average Bonchev–Trinajstić information content (AvgIpc) is 2.43. The van der Waals surface area contributed by atoms with Gasteiger partial charge in [-0.05, 0) is 72.0 Å². The van der Waals surface area contributed by atoms with Crippen LogP contribution in [-0.2, 0) is 4.79 Å². The summed E-state index contributed by atoms with van der Waals surface area (Å²) in [6.07, 6.45) is 4.42. The van der Waals surface area contributed by atoms with Crippen LogP contribution >= 0.6 is 0 Å². The molecular weight excluding hydrogens is 262 g/mol. The lowest BCUT2D eigenvalue weighted by Gasteiger charge is -2.33. The van der Waals surface area contributed by atoms with Gasteiger partial charge in [-0.3, -0.25) is 9.69 Å². The summed E-state index contributed by atoms with van der Waals surface area (Å²) < 4.78 is 0. The highest BCUT2D eigenvalue weighted by Crippen LogP contribution is 2.17. The summed E-state index contributed by atoms with van der Waals surface area (Å²) >= 11 is 0. The number of rotatable bonds is 7. The van der Waals surface area contributed by atoms with Crippen LogP contribution in [0.5, 0.6) is 0 Å². The Kier molecular flexibility index (Phi) is 7.67. The van der Waals surface area contributed by atoms with Gasteiger partial charge in [0.05, 0.1) is 6.54 Å². The van der Waals surface area contributed by atoms with Crippen LogP contribution in [0.15, 0.2) is 0 Å². The summed E-state index contributed by atoms with van der Waals surface area (Å²) in [5.74, 6) is 0.942. The van der Waals surface area contributed by atoms with E-state index in [1.807, 2.05) is 0 Å². The third-order valence-corrected chi connectivity index (χ3v) is 4.35. The molecule has 1 aliphatic heterocycles. The van der Waals surface area contributed by atoms with E-state index < -0.39 is 0 Å². The second-order valence-corrected chi connectivity index (χ2v) is 7.43. The van der Waals surface area contributed by atoms with Crippen molar-refractivity contribution in [3.05, 3.63) is 0 Å². The van der Waals surface area contributed by atoms with E-state index in [0.717, 1.165) is 38.4 Å². The Bertz CT molecular complexity index is 300. The van der Waals surface area contributed by atoms with E-state index in [1.165, 1.54) is 12.8 Å². The topological polar surface area (TPSA) is 44.4 Å². The zero-order valence-electron chi connectivity index (χ0n) is 14.7. The molecule has 0 aromatic rings. The standard InChI is InChI=1S/C17H35N3O/c1-6-15(7-2)19-16(21)13-20-10-8-14(9-11-20)12-18-17(3,4)5/h14-15,18H,6-13H2,1-5H3,(H,19,21). The number of amides is 1. The predicted molar refractivity (Wildman–Crippen MR) is 89.4 cm³/mol. The maximum Gasteiger partial charge on any atom is 0.234 e. The molecule has 1 saturated heterocycles. The van der Waals surface area contributed by atoms with Crippen LogP contribution in [0, 0.1) is 5.92 Å². The Morgan fingerprint density at radius 2 is 1.76 bits per heavy atom. The van der Waals surface area contributed by atoms with Gasteiger partial charge in [-0.2, -0.15) is 0 Å². The zero-order valence-corrected chi connectivity index (χ0v) is 14.7. The smallest absolute Gasteiger partial charge is 0.234 e. The number of nitrogens with zero attached hydrogens (tertiary/aromatic N) is 1. The summed E-state index contributed by atoms with van der Waals surface area (Å²) in [7, 11) is 0. The monoisotopic (exact) mass is 297 g/mol. The van der Waals surface area contributed by atoms with E-state index in [4.69, 9.17) is 0 Å². The van der Waals surface area contributed by atoms with E-state index in [0.29, 0.717) is 12.6 Å². The highest BCUT2D eigenvalue weighted by Gasteiger charge is 2.22. The maximum atomic E-state index is 12.0. The number of carbonyl (C=O) groups is 1. The Morgan fingerprint density at radius 1 is 1.19 bits per heavy atom. The Labute approximate surface area is 131 Å². The average molecular weight is 297 g/mol. The van der Waals surface area contributed by atoms with E-state index in [1.54, 1.807) is 0 Å². The van der Waals surface area contributed by atoms with Gasteiger partial charge in [0.25, 0.3) is 0 Å². The van der Waals surface area contributed by atoms with Gasteiger partial charge < -0.3 is 10.6 Å². The molecule has 1 heterocycles. The third-order valence-electron chi connectivity index (χ3n) is 4.35. The SMILES string of the molecule is CCC(CC)NC(=O)CN1CCC(CNC(C)(C)C)CC1. The Balaban J connectivity index is 2.22. The van der Waals surface area contributed by atoms with E-state index in [9.17, 15) is 4.79 Å². The molecule has 21 heavy (non-hydrogen) atoms. The quantitative estimate of drug-likeness (QED) is 0.758. The fourth-order valence-electron chi connectivity index (χ4n) is 2.77. The van der Waals surface area contributed by atoms with E-state index in [-0.39, 0.29) is 11.4 Å². The van der Waals surface area contributed by atoms with Crippen molar-refractivity contribution in [3.8, 4) is 0 Å². The predicted octanol–water partition coefficient (Wildman–Crippen LogP) is 2.39. The minimum atomic E-state index is 0.190. The lowest BCUT2D eigenvalue weighted by Crippen LogP contribution is -2.46. The molecule has 0 spiro atoms. The first-order valence-electron chi connectivity index (χ1n) is 8.60. The zero-order chi connectivity index (χ0) is 15.9. The molecule has 4 nitrogen and oxygen atoms in total. The minimum Gasteiger partial charge on any atom is -0.352 e. The summed E-state index contributed by atoms with van der Waals surface area (Å²) in [6, 6.07) is 0.339. The minimum absolute atomic E-state index is 0.190. The molecule has 0 aromatic carbocycles. The first kappa shape index (κ1) is 18.4. The molecule has 0 aliphatic carbocycles. The van der Waals surface area contributed by atoms with Crippen molar-refractivity contribution in [1.29, 1.82) is 0 Å².